The average molecular weight is 645 g/mol. The highest BCUT2D eigenvalue weighted by atomic mass is 14.5. The van der Waals surface area contributed by atoms with Crippen molar-refractivity contribution in [1.82, 2.24) is 0 Å². The van der Waals surface area contributed by atoms with Crippen molar-refractivity contribution >= 4 is 43.1 Å². The van der Waals surface area contributed by atoms with E-state index in [1.54, 1.807) is 0 Å². The minimum Gasteiger partial charge on any atom is -0.0622 e. The summed E-state index contributed by atoms with van der Waals surface area (Å²) in [6.45, 7) is 0. The monoisotopic (exact) mass is 644 g/mol. The van der Waals surface area contributed by atoms with E-state index in [0.717, 1.165) is 0 Å². The molecule has 10 aromatic carbocycles. The molecular formula is C51H32. The number of hydrogen-bond donors (Lipinski definition) is 0. The summed E-state index contributed by atoms with van der Waals surface area (Å²) in [4.78, 5) is 0. The summed E-state index contributed by atoms with van der Waals surface area (Å²) >= 11 is 0. The Hall–Kier alpha value is -6.50. The highest BCUT2D eigenvalue weighted by Gasteiger charge is 2.46. The first-order valence-corrected chi connectivity index (χ1v) is 17.8. The van der Waals surface area contributed by atoms with Gasteiger partial charge in [0.15, 0.2) is 0 Å². The Bertz CT molecular complexity index is 2880. The van der Waals surface area contributed by atoms with Gasteiger partial charge in [-0.1, -0.05) is 176 Å². The van der Waals surface area contributed by atoms with Crippen molar-refractivity contribution < 1.29 is 0 Å². The van der Waals surface area contributed by atoms with Crippen LogP contribution >= 0.6 is 0 Å². The summed E-state index contributed by atoms with van der Waals surface area (Å²) in [5.41, 5.74) is 12.3. The molecule has 0 unspecified atom stereocenters. The molecule has 0 saturated heterocycles. The summed E-state index contributed by atoms with van der Waals surface area (Å²) in [6, 6.07) is 72.5. The van der Waals surface area contributed by atoms with Crippen molar-refractivity contribution in [3.8, 4) is 33.4 Å². The molecule has 0 heteroatoms. The van der Waals surface area contributed by atoms with Gasteiger partial charge in [0.25, 0.3) is 0 Å². The summed E-state index contributed by atoms with van der Waals surface area (Å²) in [7, 11) is 0. The van der Waals surface area contributed by atoms with Crippen LogP contribution in [0.1, 0.15) is 22.3 Å². The largest absolute Gasteiger partial charge is 0.0714 e. The zero-order chi connectivity index (χ0) is 33.5. The molecule has 0 radical (unpaired) electrons. The van der Waals surface area contributed by atoms with Crippen LogP contribution in [0.2, 0.25) is 0 Å². The van der Waals surface area contributed by atoms with Gasteiger partial charge in [0, 0.05) is 0 Å². The Balaban J connectivity index is 1.24. The van der Waals surface area contributed by atoms with Gasteiger partial charge in [-0.3, -0.25) is 0 Å². The molecule has 10 aromatic rings. The molecule has 0 nitrogen and oxygen atoms in total. The van der Waals surface area contributed by atoms with E-state index < -0.39 is 5.41 Å². The second-order valence-electron chi connectivity index (χ2n) is 14.0. The molecule has 1 aliphatic carbocycles. The Morgan fingerprint density at radius 3 is 1.55 bits per heavy atom. The molecule has 236 valence electrons. The van der Waals surface area contributed by atoms with Gasteiger partial charge in [0.1, 0.15) is 0 Å². The van der Waals surface area contributed by atoms with E-state index >= 15 is 0 Å². The maximum atomic E-state index is 2.50. The van der Waals surface area contributed by atoms with Crippen LogP contribution in [-0.2, 0) is 5.41 Å². The van der Waals surface area contributed by atoms with Crippen LogP contribution in [0.4, 0.5) is 0 Å². The van der Waals surface area contributed by atoms with Gasteiger partial charge >= 0.3 is 0 Å². The lowest BCUT2D eigenvalue weighted by Gasteiger charge is -2.34. The van der Waals surface area contributed by atoms with Gasteiger partial charge in [0.05, 0.1) is 5.41 Å². The molecule has 0 N–H and O–H groups in total. The van der Waals surface area contributed by atoms with E-state index in [1.165, 1.54) is 98.7 Å². The normalized spacial score (nSPS) is 13.3. The van der Waals surface area contributed by atoms with E-state index in [9.17, 15) is 0 Å². The van der Waals surface area contributed by atoms with Gasteiger partial charge in [0.2, 0.25) is 0 Å². The zero-order valence-electron chi connectivity index (χ0n) is 28.0. The lowest BCUT2D eigenvalue weighted by Crippen LogP contribution is -2.28. The Kier molecular flexibility index (Phi) is 5.97. The summed E-state index contributed by atoms with van der Waals surface area (Å²) in [5, 5.41) is 10.4. The average Bonchev–Trinajstić information content (AvgIpc) is 3.49. The predicted octanol–water partition coefficient (Wildman–Crippen LogP) is 13.4. The lowest BCUT2D eigenvalue weighted by molar-refractivity contribution is 0.770. The fraction of sp³-hybridized carbons (Fsp3) is 0.0196. The van der Waals surface area contributed by atoms with Gasteiger partial charge < -0.3 is 0 Å². The van der Waals surface area contributed by atoms with E-state index in [4.69, 9.17) is 0 Å². The van der Waals surface area contributed by atoms with E-state index in [1.807, 2.05) is 0 Å². The predicted molar refractivity (Wildman–Crippen MR) is 216 cm³/mol. The van der Waals surface area contributed by atoms with E-state index in [0.29, 0.717) is 0 Å². The molecular weight excluding hydrogens is 613 g/mol. The first-order chi connectivity index (χ1) is 25.3. The highest BCUT2D eigenvalue weighted by molar-refractivity contribution is 6.25. The van der Waals surface area contributed by atoms with Crippen LogP contribution in [0, 0.1) is 0 Å². The topological polar surface area (TPSA) is 0 Å². The number of benzene rings is 10. The minimum absolute atomic E-state index is 0.509. The second-order valence-corrected chi connectivity index (χ2v) is 14.0. The van der Waals surface area contributed by atoms with Crippen LogP contribution in [-0.4, -0.2) is 0 Å². The third-order valence-electron chi connectivity index (χ3n) is 11.5. The molecule has 0 spiro atoms. The van der Waals surface area contributed by atoms with Gasteiger partial charge in [-0.15, -0.1) is 0 Å². The summed E-state index contributed by atoms with van der Waals surface area (Å²) in [6.07, 6.45) is 0. The molecule has 0 bridgehead atoms. The van der Waals surface area contributed by atoms with Crippen molar-refractivity contribution in [3.05, 3.63) is 216 Å². The van der Waals surface area contributed by atoms with Crippen LogP contribution in [0.5, 0.6) is 0 Å². The minimum atomic E-state index is -0.509. The standard InChI is InChI=1S/C51H32/c1-4-12-33(13-5-1)41-21-11-16-37-30-46-43-28-26-38(42-27-24-36-23-22-34-14-10-15-35-25-29-44(42)50(36)49(34)35)31-47(43)51(48(46)32-45(37)41,39-17-6-2-7-18-39)40-19-8-3-9-20-40/h1-32H. The molecule has 0 fully saturated rings. The zero-order valence-corrected chi connectivity index (χ0v) is 28.0. The number of fused-ring (bicyclic) bond motifs is 4. The smallest absolute Gasteiger partial charge is 0.0622 e. The second kappa shape index (κ2) is 10.7. The van der Waals surface area contributed by atoms with Crippen molar-refractivity contribution in [1.29, 1.82) is 0 Å². The molecule has 0 atom stereocenters. The molecule has 0 amide bonds. The van der Waals surface area contributed by atoms with E-state index in [-0.39, 0.29) is 0 Å². The van der Waals surface area contributed by atoms with Crippen molar-refractivity contribution in [2.75, 3.05) is 0 Å². The maximum Gasteiger partial charge on any atom is 0.0714 e. The van der Waals surface area contributed by atoms with Gasteiger partial charge in [-0.2, -0.15) is 0 Å². The first kappa shape index (κ1) is 28.3. The quantitative estimate of drug-likeness (QED) is 0.167. The Morgan fingerprint density at radius 1 is 0.275 bits per heavy atom. The van der Waals surface area contributed by atoms with Crippen molar-refractivity contribution in [2.24, 2.45) is 0 Å². The number of hydrogen-bond acceptors (Lipinski definition) is 0. The molecule has 11 rings (SSSR count). The van der Waals surface area contributed by atoms with Gasteiger partial charge in [-0.25, -0.2) is 0 Å². The van der Waals surface area contributed by atoms with Crippen molar-refractivity contribution in [2.45, 2.75) is 5.41 Å². The van der Waals surface area contributed by atoms with Crippen LogP contribution in [0.25, 0.3) is 76.5 Å². The molecule has 0 heterocycles. The van der Waals surface area contributed by atoms with E-state index in [2.05, 4.69) is 194 Å². The fourth-order valence-corrected chi connectivity index (χ4v) is 9.28. The van der Waals surface area contributed by atoms with Gasteiger partial charge in [-0.05, 0) is 117 Å². The lowest BCUT2D eigenvalue weighted by atomic mass is 9.67. The fourth-order valence-electron chi connectivity index (χ4n) is 9.28. The third-order valence-corrected chi connectivity index (χ3v) is 11.5. The number of rotatable bonds is 4. The van der Waals surface area contributed by atoms with Crippen LogP contribution < -0.4 is 0 Å². The molecule has 0 aliphatic heterocycles. The third kappa shape index (κ3) is 3.96. The van der Waals surface area contributed by atoms with Crippen LogP contribution in [0.15, 0.2) is 194 Å². The van der Waals surface area contributed by atoms with Crippen molar-refractivity contribution in [3.63, 3.8) is 0 Å². The molecule has 1 aliphatic rings. The summed E-state index contributed by atoms with van der Waals surface area (Å²) in [5.74, 6) is 0. The summed E-state index contributed by atoms with van der Waals surface area (Å²) < 4.78 is 0. The maximum absolute atomic E-state index is 2.50. The Morgan fingerprint density at radius 2 is 0.824 bits per heavy atom. The molecule has 51 heavy (non-hydrogen) atoms. The highest BCUT2D eigenvalue weighted by Crippen LogP contribution is 2.58. The van der Waals surface area contributed by atoms with Crippen LogP contribution in [0.3, 0.4) is 0 Å². The SMILES string of the molecule is c1ccc(-c2cccc3cc4c(cc23)C(c2ccccc2)(c2ccccc2)c2cc(-c3ccc5ccc6cccc7ccc3c5c67)ccc2-4)cc1. The molecule has 0 aromatic heterocycles. The Labute approximate surface area is 297 Å². The molecule has 0 saturated carbocycles. The first-order valence-electron chi connectivity index (χ1n) is 17.8.